The highest BCUT2D eigenvalue weighted by Crippen LogP contribution is 2.34. The maximum absolute atomic E-state index is 12.3. The maximum Gasteiger partial charge on any atom is 0.336 e. The van der Waals surface area contributed by atoms with Gasteiger partial charge in [-0.25, -0.2) is 4.79 Å². The monoisotopic (exact) mass is 448 g/mol. The van der Waals surface area contributed by atoms with Crippen molar-refractivity contribution in [2.24, 2.45) is 5.73 Å². The van der Waals surface area contributed by atoms with Crippen LogP contribution in [0.5, 0.6) is 5.75 Å². The lowest BCUT2D eigenvalue weighted by Crippen LogP contribution is -2.23. The number of para-hydroxylation sites is 1. The van der Waals surface area contributed by atoms with E-state index in [1.165, 1.54) is 18.2 Å². The van der Waals surface area contributed by atoms with Crippen molar-refractivity contribution < 1.29 is 18.7 Å². The summed E-state index contributed by atoms with van der Waals surface area (Å²) in [4.78, 5) is 35.9. The second-order valence-electron chi connectivity index (χ2n) is 6.87. The predicted octanol–water partition coefficient (Wildman–Crippen LogP) is 4.23. The first-order valence-corrected chi connectivity index (χ1v) is 9.94. The van der Waals surface area contributed by atoms with E-state index in [1.54, 1.807) is 24.3 Å². The third-order valence-electron chi connectivity index (χ3n) is 4.71. The number of amides is 2. The number of halogens is 1. The van der Waals surface area contributed by atoms with Crippen molar-refractivity contribution in [1.82, 2.24) is 0 Å². The molecule has 0 aliphatic rings. The number of hydrogen-bond donors (Lipinski definition) is 2. The topological polar surface area (TPSA) is 112 Å². The molecule has 3 N–H and O–H groups in total. The van der Waals surface area contributed by atoms with Crippen molar-refractivity contribution in [1.29, 1.82) is 0 Å². The number of carbonyl (C=O) groups is 2. The molecular weight excluding hydrogens is 432 g/mol. The summed E-state index contributed by atoms with van der Waals surface area (Å²) in [7, 11) is 0. The number of nitrogens with one attached hydrogen (secondary N) is 1. The highest BCUT2D eigenvalue weighted by Gasteiger charge is 2.15. The summed E-state index contributed by atoms with van der Waals surface area (Å²) < 4.78 is 10.9. The van der Waals surface area contributed by atoms with E-state index in [4.69, 9.17) is 26.5 Å². The van der Waals surface area contributed by atoms with Crippen molar-refractivity contribution in [3.63, 3.8) is 0 Å². The number of carbonyl (C=O) groups excluding carboxylic acids is 2. The number of ether oxygens (including phenoxy) is 1. The number of primary amides is 1. The molecule has 0 saturated carbocycles. The molecule has 8 heteroatoms. The van der Waals surface area contributed by atoms with Crippen LogP contribution in [0, 0.1) is 0 Å². The zero-order chi connectivity index (χ0) is 22.7. The first kappa shape index (κ1) is 21.1. The lowest BCUT2D eigenvalue weighted by molar-refractivity contribution is -0.118. The van der Waals surface area contributed by atoms with Gasteiger partial charge in [-0.3, -0.25) is 9.59 Å². The fourth-order valence-corrected chi connectivity index (χ4v) is 3.49. The van der Waals surface area contributed by atoms with Gasteiger partial charge in [0.1, 0.15) is 11.3 Å². The fraction of sp³-hybridized carbons (Fsp3) is 0.0417. The van der Waals surface area contributed by atoms with E-state index in [0.717, 1.165) is 5.56 Å². The average Bonchev–Trinajstić information content (AvgIpc) is 2.78. The molecule has 160 valence electrons. The Morgan fingerprint density at radius 3 is 2.47 bits per heavy atom. The van der Waals surface area contributed by atoms with Crippen molar-refractivity contribution in [2.75, 3.05) is 11.9 Å². The molecule has 32 heavy (non-hydrogen) atoms. The zero-order valence-corrected chi connectivity index (χ0v) is 17.4. The Morgan fingerprint density at radius 2 is 1.72 bits per heavy atom. The van der Waals surface area contributed by atoms with Gasteiger partial charge in [0.15, 0.2) is 6.61 Å². The van der Waals surface area contributed by atoms with Crippen LogP contribution in [0.3, 0.4) is 0 Å². The molecule has 0 spiro atoms. The fourth-order valence-electron chi connectivity index (χ4n) is 3.27. The van der Waals surface area contributed by atoms with Gasteiger partial charge in [0.2, 0.25) is 0 Å². The van der Waals surface area contributed by atoms with Crippen LogP contribution >= 0.6 is 11.6 Å². The molecule has 0 unspecified atom stereocenters. The molecule has 0 fully saturated rings. The van der Waals surface area contributed by atoms with Crippen LogP contribution in [-0.2, 0) is 4.79 Å². The molecule has 7 nitrogen and oxygen atoms in total. The summed E-state index contributed by atoms with van der Waals surface area (Å²) in [6.45, 7) is -0.388. The Hall–Kier alpha value is -4.10. The molecule has 0 aliphatic carbocycles. The van der Waals surface area contributed by atoms with Gasteiger partial charge in [-0.1, -0.05) is 54.1 Å². The summed E-state index contributed by atoms with van der Waals surface area (Å²) in [5, 5.41) is 3.45. The van der Waals surface area contributed by atoms with E-state index in [9.17, 15) is 14.4 Å². The summed E-state index contributed by atoms with van der Waals surface area (Å²) >= 11 is 6.38. The molecule has 3 aromatic carbocycles. The normalized spacial score (nSPS) is 10.7. The van der Waals surface area contributed by atoms with Gasteiger partial charge in [-0.15, -0.1) is 0 Å². The van der Waals surface area contributed by atoms with Crippen molar-refractivity contribution in [3.05, 3.63) is 93.8 Å². The highest BCUT2D eigenvalue weighted by molar-refractivity contribution is 6.33. The molecule has 4 rings (SSSR count). The number of rotatable bonds is 6. The van der Waals surface area contributed by atoms with Crippen LogP contribution in [-0.4, -0.2) is 18.4 Å². The molecule has 0 bridgehead atoms. The minimum atomic E-state index is -0.663. The number of anilines is 1. The minimum Gasteiger partial charge on any atom is -0.482 e. The molecular formula is C24H17ClN2O5. The lowest BCUT2D eigenvalue weighted by atomic mass is 10.0. The third kappa shape index (κ3) is 4.48. The molecule has 0 atom stereocenters. The van der Waals surface area contributed by atoms with E-state index >= 15 is 0 Å². The van der Waals surface area contributed by atoms with Crippen LogP contribution in [0.2, 0.25) is 5.02 Å². The Balaban J connectivity index is 1.58. The first-order chi connectivity index (χ1) is 15.4. The molecule has 2 amide bonds. The molecule has 1 heterocycles. The Kier molecular flexibility index (Phi) is 5.91. The Bertz CT molecular complexity index is 1380. The van der Waals surface area contributed by atoms with E-state index in [-0.39, 0.29) is 34.2 Å². The number of benzene rings is 3. The van der Waals surface area contributed by atoms with Gasteiger partial charge in [-0.05, 0) is 29.3 Å². The van der Waals surface area contributed by atoms with Gasteiger partial charge in [-0.2, -0.15) is 0 Å². The number of nitrogens with two attached hydrogens (primary N) is 1. The quantitative estimate of drug-likeness (QED) is 0.429. The van der Waals surface area contributed by atoms with E-state index in [1.807, 2.05) is 30.3 Å². The zero-order valence-electron chi connectivity index (χ0n) is 16.6. The second kappa shape index (κ2) is 8.95. The predicted molar refractivity (Wildman–Crippen MR) is 122 cm³/mol. The van der Waals surface area contributed by atoms with Gasteiger partial charge >= 0.3 is 5.63 Å². The lowest BCUT2D eigenvalue weighted by Gasteiger charge is -2.12. The van der Waals surface area contributed by atoms with E-state index in [2.05, 4.69) is 5.32 Å². The number of fused-ring (bicyclic) bond motifs is 1. The van der Waals surface area contributed by atoms with E-state index < -0.39 is 17.4 Å². The smallest absolute Gasteiger partial charge is 0.336 e. The van der Waals surface area contributed by atoms with Crippen LogP contribution in [0.15, 0.2) is 82.0 Å². The average molecular weight is 449 g/mol. The molecule has 0 saturated heterocycles. The summed E-state index contributed by atoms with van der Waals surface area (Å²) in [5.41, 5.74) is 7.03. The standard InChI is InChI=1S/C24H17ClN2O5/c25-18-10-17-16(14-6-2-1-3-7-14)11-23(29)32-20(17)12-21(18)31-13-22(28)27-19-9-5-4-8-15(19)24(26)30/h1-12H,13H2,(H2,26,30)(H,27,28). The molecule has 0 radical (unpaired) electrons. The summed E-state index contributed by atoms with van der Waals surface area (Å²) in [6.07, 6.45) is 0. The summed E-state index contributed by atoms with van der Waals surface area (Å²) in [5.74, 6) is -1.01. The maximum atomic E-state index is 12.3. The van der Waals surface area contributed by atoms with Crippen molar-refractivity contribution >= 4 is 40.1 Å². The molecule has 4 aromatic rings. The second-order valence-corrected chi connectivity index (χ2v) is 7.28. The van der Waals surface area contributed by atoms with Gasteiger partial charge in [0.25, 0.3) is 11.8 Å². The third-order valence-corrected chi connectivity index (χ3v) is 5.00. The van der Waals surface area contributed by atoms with Crippen molar-refractivity contribution in [3.8, 4) is 16.9 Å². The first-order valence-electron chi connectivity index (χ1n) is 9.56. The molecule has 0 aliphatic heterocycles. The Labute approximate surface area is 187 Å². The largest absolute Gasteiger partial charge is 0.482 e. The Morgan fingerprint density at radius 1 is 1.00 bits per heavy atom. The van der Waals surface area contributed by atoms with Crippen molar-refractivity contribution in [2.45, 2.75) is 0 Å². The van der Waals surface area contributed by atoms with Gasteiger partial charge in [0, 0.05) is 17.5 Å². The van der Waals surface area contributed by atoms with E-state index in [0.29, 0.717) is 10.9 Å². The van der Waals surface area contributed by atoms with Crippen LogP contribution < -0.4 is 21.4 Å². The van der Waals surface area contributed by atoms with Crippen LogP contribution in [0.25, 0.3) is 22.1 Å². The van der Waals surface area contributed by atoms with Gasteiger partial charge < -0.3 is 20.2 Å². The highest BCUT2D eigenvalue weighted by atomic mass is 35.5. The summed E-state index contributed by atoms with van der Waals surface area (Å²) in [6, 6.07) is 20.2. The molecule has 1 aromatic heterocycles. The van der Waals surface area contributed by atoms with Crippen LogP contribution in [0.1, 0.15) is 10.4 Å². The minimum absolute atomic E-state index is 0.172. The number of hydrogen-bond acceptors (Lipinski definition) is 5. The SMILES string of the molecule is NC(=O)c1ccccc1NC(=O)COc1cc2oc(=O)cc(-c3ccccc3)c2cc1Cl. The van der Waals surface area contributed by atoms with Gasteiger partial charge in [0.05, 0.1) is 16.3 Å². The van der Waals surface area contributed by atoms with Crippen LogP contribution in [0.4, 0.5) is 5.69 Å².